The second-order valence-corrected chi connectivity index (χ2v) is 4.59. The summed E-state index contributed by atoms with van der Waals surface area (Å²) in [6, 6.07) is 10.6. The van der Waals surface area contributed by atoms with Crippen LogP contribution in [0.2, 0.25) is 0 Å². The molecule has 0 aliphatic rings. The van der Waals surface area contributed by atoms with E-state index < -0.39 is 0 Å². The highest BCUT2D eigenvalue weighted by molar-refractivity contribution is 5.18. The molecule has 0 spiro atoms. The smallest absolute Gasteiger partial charge is 0.0295 e. The minimum atomic E-state index is 0.191. The van der Waals surface area contributed by atoms with Crippen molar-refractivity contribution in [3.63, 3.8) is 0 Å². The Labute approximate surface area is 106 Å². The molecule has 0 amide bonds. The largest absolute Gasteiger partial charge is 0.324 e. The van der Waals surface area contributed by atoms with Crippen molar-refractivity contribution in [3.8, 4) is 0 Å². The summed E-state index contributed by atoms with van der Waals surface area (Å²) in [4.78, 5) is 2.50. The quantitative estimate of drug-likeness (QED) is 0.748. The zero-order chi connectivity index (χ0) is 12.5. The molecule has 1 atom stereocenters. The van der Waals surface area contributed by atoms with E-state index in [9.17, 15) is 0 Å². The molecule has 0 aromatic heterocycles. The molecule has 2 nitrogen and oxygen atoms in total. The second-order valence-electron chi connectivity index (χ2n) is 4.59. The van der Waals surface area contributed by atoms with E-state index in [0.717, 1.165) is 13.0 Å². The highest BCUT2D eigenvalue weighted by Crippen LogP contribution is 2.15. The van der Waals surface area contributed by atoms with E-state index in [4.69, 9.17) is 5.73 Å². The van der Waals surface area contributed by atoms with Gasteiger partial charge in [0.25, 0.3) is 0 Å². The molecule has 0 saturated carbocycles. The lowest BCUT2D eigenvalue weighted by Gasteiger charge is -2.20. The van der Waals surface area contributed by atoms with Crippen molar-refractivity contribution < 1.29 is 0 Å². The summed E-state index contributed by atoms with van der Waals surface area (Å²) in [6.45, 7) is 7.99. The van der Waals surface area contributed by atoms with E-state index in [1.54, 1.807) is 0 Å². The Balaban J connectivity index is 2.26. The lowest BCUT2D eigenvalue weighted by molar-refractivity contribution is 0.279. The predicted molar refractivity (Wildman–Crippen MR) is 75.0 cm³/mol. The first-order valence-corrected chi connectivity index (χ1v) is 6.80. The maximum Gasteiger partial charge on any atom is 0.0295 e. The van der Waals surface area contributed by atoms with Crippen molar-refractivity contribution >= 4 is 0 Å². The van der Waals surface area contributed by atoms with Crippen LogP contribution in [0.5, 0.6) is 0 Å². The standard InChI is InChI=1S/C15H26N2/c1-3-12-17(4-2)13-8-11-15(16)14-9-6-5-7-10-14/h5-7,9-10,15H,3-4,8,11-13,16H2,1-2H3. The van der Waals surface area contributed by atoms with Gasteiger partial charge in [-0.2, -0.15) is 0 Å². The monoisotopic (exact) mass is 234 g/mol. The number of hydrogen-bond acceptors (Lipinski definition) is 2. The van der Waals surface area contributed by atoms with Gasteiger partial charge in [0.2, 0.25) is 0 Å². The van der Waals surface area contributed by atoms with Crippen LogP contribution < -0.4 is 5.73 Å². The van der Waals surface area contributed by atoms with E-state index in [1.165, 1.54) is 31.5 Å². The van der Waals surface area contributed by atoms with Crippen LogP contribution in [0.1, 0.15) is 44.7 Å². The van der Waals surface area contributed by atoms with Crippen molar-refractivity contribution in [3.05, 3.63) is 35.9 Å². The van der Waals surface area contributed by atoms with Crippen LogP contribution >= 0.6 is 0 Å². The maximum absolute atomic E-state index is 6.18. The van der Waals surface area contributed by atoms with E-state index in [2.05, 4.69) is 43.0 Å². The average Bonchev–Trinajstić information content (AvgIpc) is 2.38. The summed E-state index contributed by atoms with van der Waals surface area (Å²) in [7, 11) is 0. The van der Waals surface area contributed by atoms with Gasteiger partial charge in [-0.1, -0.05) is 44.2 Å². The zero-order valence-electron chi connectivity index (χ0n) is 11.2. The molecule has 0 heterocycles. The number of nitrogens with zero attached hydrogens (tertiary/aromatic N) is 1. The Bertz CT molecular complexity index is 284. The molecule has 2 heteroatoms. The highest BCUT2D eigenvalue weighted by atomic mass is 15.1. The third-order valence-corrected chi connectivity index (χ3v) is 3.20. The third-order valence-electron chi connectivity index (χ3n) is 3.20. The molecular formula is C15H26N2. The first-order chi connectivity index (χ1) is 8.27. The van der Waals surface area contributed by atoms with Gasteiger partial charge >= 0.3 is 0 Å². The van der Waals surface area contributed by atoms with Crippen LogP contribution in [0.15, 0.2) is 30.3 Å². The Morgan fingerprint density at radius 2 is 1.82 bits per heavy atom. The van der Waals surface area contributed by atoms with E-state index in [-0.39, 0.29) is 6.04 Å². The molecule has 0 fully saturated rings. The SMILES string of the molecule is CCCN(CC)CCCC(N)c1ccccc1. The van der Waals surface area contributed by atoms with E-state index in [1.807, 2.05) is 6.07 Å². The molecule has 0 aliphatic heterocycles. The first-order valence-electron chi connectivity index (χ1n) is 6.80. The van der Waals surface area contributed by atoms with Gasteiger partial charge in [-0.15, -0.1) is 0 Å². The van der Waals surface area contributed by atoms with E-state index in [0.29, 0.717) is 0 Å². The van der Waals surface area contributed by atoms with Crippen LogP contribution in [0.3, 0.4) is 0 Å². The zero-order valence-corrected chi connectivity index (χ0v) is 11.2. The minimum Gasteiger partial charge on any atom is -0.324 e. The topological polar surface area (TPSA) is 29.3 Å². The number of hydrogen-bond donors (Lipinski definition) is 1. The maximum atomic E-state index is 6.18. The van der Waals surface area contributed by atoms with Gasteiger partial charge in [-0.3, -0.25) is 0 Å². The number of nitrogens with two attached hydrogens (primary N) is 1. The van der Waals surface area contributed by atoms with Crippen LogP contribution in [0.25, 0.3) is 0 Å². The van der Waals surface area contributed by atoms with Gasteiger partial charge in [-0.25, -0.2) is 0 Å². The first kappa shape index (κ1) is 14.2. The van der Waals surface area contributed by atoms with Gasteiger partial charge in [0, 0.05) is 6.04 Å². The number of rotatable bonds is 8. The fourth-order valence-corrected chi connectivity index (χ4v) is 2.15. The molecule has 17 heavy (non-hydrogen) atoms. The third kappa shape index (κ3) is 5.33. The second kappa shape index (κ2) is 8.26. The fourth-order valence-electron chi connectivity index (χ4n) is 2.15. The summed E-state index contributed by atoms with van der Waals surface area (Å²) >= 11 is 0. The van der Waals surface area contributed by atoms with Crippen LogP contribution in [0, 0.1) is 0 Å². The predicted octanol–water partition coefficient (Wildman–Crippen LogP) is 3.20. The normalized spacial score (nSPS) is 12.9. The summed E-state index contributed by atoms with van der Waals surface area (Å²) in [5, 5.41) is 0. The van der Waals surface area contributed by atoms with Crippen LogP contribution in [-0.4, -0.2) is 24.5 Å². The van der Waals surface area contributed by atoms with Crippen LogP contribution in [0.4, 0.5) is 0 Å². The van der Waals surface area contributed by atoms with Gasteiger partial charge in [0.1, 0.15) is 0 Å². The van der Waals surface area contributed by atoms with Crippen LogP contribution in [-0.2, 0) is 0 Å². The minimum absolute atomic E-state index is 0.191. The van der Waals surface area contributed by atoms with Crippen molar-refractivity contribution in [2.75, 3.05) is 19.6 Å². The molecule has 0 radical (unpaired) electrons. The summed E-state index contributed by atoms with van der Waals surface area (Å²) < 4.78 is 0. The Morgan fingerprint density at radius 1 is 1.12 bits per heavy atom. The molecule has 2 N–H and O–H groups in total. The fraction of sp³-hybridized carbons (Fsp3) is 0.600. The number of benzene rings is 1. The lowest BCUT2D eigenvalue weighted by atomic mass is 10.0. The average molecular weight is 234 g/mol. The molecule has 1 rings (SSSR count). The van der Waals surface area contributed by atoms with Gasteiger partial charge in [0.15, 0.2) is 0 Å². The molecule has 0 aliphatic carbocycles. The molecule has 96 valence electrons. The van der Waals surface area contributed by atoms with Crippen molar-refractivity contribution in [1.29, 1.82) is 0 Å². The molecule has 1 unspecified atom stereocenters. The van der Waals surface area contributed by atoms with Crippen molar-refractivity contribution in [2.45, 2.75) is 39.2 Å². The van der Waals surface area contributed by atoms with Crippen molar-refractivity contribution in [1.82, 2.24) is 4.90 Å². The highest BCUT2D eigenvalue weighted by Gasteiger charge is 2.06. The Hall–Kier alpha value is -0.860. The van der Waals surface area contributed by atoms with Gasteiger partial charge < -0.3 is 10.6 Å². The Kier molecular flexibility index (Phi) is 6.90. The molecule has 1 aromatic carbocycles. The Morgan fingerprint density at radius 3 is 2.41 bits per heavy atom. The van der Waals surface area contributed by atoms with Crippen molar-refractivity contribution in [2.24, 2.45) is 5.73 Å². The molecule has 0 bridgehead atoms. The summed E-state index contributed by atoms with van der Waals surface area (Å²) in [5.41, 5.74) is 7.43. The molecule has 0 saturated heterocycles. The van der Waals surface area contributed by atoms with E-state index >= 15 is 0 Å². The molecule has 1 aromatic rings. The van der Waals surface area contributed by atoms with Gasteiger partial charge in [0.05, 0.1) is 0 Å². The molecular weight excluding hydrogens is 208 g/mol. The summed E-state index contributed by atoms with van der Waals surface area (Å²) in [6.07, 6.45) is 3.49. The lowest BCUT2D eigenvalue weighted by Crippen LogP contribution is -2.26. The van der Waals surface area contributed by atoms with Gasteiger partial charge in [-0.05, 0) is 44.5 Å². The summed E-state index contributed by atoms with van der Waals surface area (Å²) in [5.74, 6) is 0.